The standard InChI is InChI=1S/C8H19NO4.C2H4O3/c1-2-3-4-9(12-7-5-10)13-8-6-11;3-1-2(4)5/h10-11H,2-8H2,1H3;3H,1H2,(H,4,5). The van der Waals surface area contributed by atoms with Crippen molar-refractivity contribution in [3.05, 3.63) is 0 Å². The fourth-order valence-electron chi connectivity index (χ4n) is 0.739. The summed E-state index contributed by atoms with van der Waals surface area (Å²) in [6.45, 7) is 2.30. The number of hydroxylamine groups is 2. The summed E-state index contributed by atoms with van der Waals surface area (Å²) >= 11 is 0. The Labute approximate surface area is 106 Å². The summed E-state index contributed by atoms with van der Waals surface area (Å²) in [5.41, 5.74) is 0. The minimum atomic E-state index is -1.19. The topological polar surface area (TPSA) is 120 Å². The highest BCUT2D eigenvalue weighted by atomic mass is 16.9. The molecule has 0 heterocycles. The van der Waals surface area contributed by atoms with Gasteiger partial charge in [-0.2, -0.15) is 0 Å². The molecule has 0 bridgehead atoms. The number of aliphatic hydroxyl groups excluding tert-OH is 3. The van der Waals surface area contributed by atoms with E-state index >= 15 is 0 Å². The molecule has 0 unspecified atom stereocenters. The Morgan fingerprint density at radius 1 is 1.11 bits per heavy atom. The molecule has 8 heteroatoms. The lowest BCUT2D eigenvalue weighted by Gasteiger charge is -2.19. The molecule has 8 nitrogen and oxygen atoms in total. The molecule has 0 aliphatic heterocycles. The lowest BCUT2D eigenvalue weighted by Crippen LogP contribution is -2.28. The van der Waals surface area contributed by atoms with E-state index in [4.69, 9.17) is 34.9 Å². The third-order valence-electron chi connectivity index (χ3n) is 1.48. The van der Waals surface area contributed by atoms with Gasteiger partial charge >= 0.3 is 5.97 Å². The zero-order chi connectivity index (χ0) is 14.2. The average molecular weight is 269 g/mol. The molecule has 0 aromatic heterocycles. The number of unbranched alkanes of at least 4 members (excludes halogenated alkanes) is 1. The maximum Gasteiger partial charge on any atom is 0.329 e. The van der Waals surface area contributed by atoms with E-state index < -0.39 is 12.6 Å². The van der Waals surface area contributed by atoms with Crippen LogP contribution in [0.2, 0.25) is 0 Å². The van der Waals surface area contributed by atoms with Gasteiger partial charge in [-0.05, 0) is 6.42 Å². The van der Waals surface area contributed by atoms with Crippen molar-refractivity contribution in [2.45, 2.75) is 19.8 Å². The highest BCUT2D eigenvalue weighted by Gasteiger charge is 2.03. The smallest absolute Gasteiger partial charge is 0.329 e. The van der Waals surface area contributed by atoms with Gasteiger partial charge in [-0.25, -0.2) is 4.79 Å². The van der Waals surface area contributed by atoms with Gasteiger partial charge in [0.05, 0.1) is 33.0 Å². The van der Waals surface area contributed by atoms with Gasteiger partial charge in [-0.1, -0.05) is 18.6 Å². The Balaban J connectivity index is 0. The van der Waals surface area contributed by atoms with Crippen molar-refractivity contribution in [3.8, 4) is 0 Å². The number of carbonyl (C=O) groups is 1. The van der Waals surface area contributed by atoms with E-state index in [1.807, 2.05) is 0 Å². The van der Waals surface area contributed by atoms with Crippen LogP contribution in [0.4, 0.5) is 0 Å². The number of aliphatic hydroxyl groups is 3. The van der Waals surface area contributed by atoms with Crippen molar-refractivity contribution in [2.75, 3.05) is 39.6 Å². The van der Waals surface area contributed by atoms with Crippen molar-refractivity contribution in [3.63, 3.8) is 0 Å². The number of hydrogen-bond donors (Lipinski definition) is 4. The number of rotatable bonds is 10. The average Bonchev–Trinajstić information content (AvgIpc) is 2.38. The van der Waals surface area contributed by atoms with Crippen LogP contribution < -0.4 is 0 Å². The van der Waals surface area contributed by atoms with Crippen LogP contribution in [0.15, 0.2) is 0 Å². The van der Waals surface area contributed by atoms with E-state index in [0.717, 1.165) is 12.8 Å². The number of aliphatic carboxylic acids is 1. The Bertz CT molecular complexity index is 161. The van der Waals surface area contributed by atoms with Crippen LogP contribution in [-0.2, 0) is 14.5 Å². The quantitative estimate of drug-likeness (QED) is 0.373. The van der Waals surface area contributed by atoms with Gasteiger partial charge in [0.2, 0.25) is 0 Å². The van der Waals surface area contributed by atoms with Crippen LogP contribution >= 0.6 is 0 Å². The van der Waals surface area contributed by atoms with E-state index in [1.165, 1.54) is 5.23 Å². The van der Waals surface area contributed by atoms with Crippen LogP contribution in [0.1, 0.15) is 19.8 Å². The molecular weight excluding hydrogens is 246 g/mol. The lowest BCUT2D eigenvalue weighted by molar-refractivity contribution is -0.371. The van der Waals surface area contributed by atoms with E-state index in [2.05, 4.69) is 6.92 Å². The summed E-state index contributed by atoms with van der Waals surface area (Å²) in [4.78, 5) is 19.2. The summed E-state index contributed by atoms with van der Waals surface area (Å²) < 4.78 is 0. The Kier molecular flexibility index (Phi) is 17.6. The molecule has 0 fully saturated rings. The summed E-state index contributed by atoms with van der Waals surface area (Å²) in [5, 5.41) is 33.4. The molecular formula is C10H23NO7. The first-order valence-corrected chi connectivity index (χ1v) is 5.70. The lowest BCUT2D eigenvalue weighted by atomic mass is 10.3. The number of hydrogen-bond acceptors (Lipinski definition) is 7. The number of carboxylic acids is 1. The van der Waals surface area contributed by atoms with Crippen molar-refractivity contribution in [2.24, 2.45) is 0 Å². The normalized spacial score (nSPS) is 10.1. The van der Waals surface area contributed by atoms with Gasteiger partial charge < -0.3 is 20.4 Å². The van der Waals surface area contributed by atoms with E-state index in [0.29, 0.717) is 6.54 Å². The first-order valence-electron chi connectivity index (χ1n) is 5.70. The fraction of sp³-hybridized carbons (Fsp3) is 0.900. The van der Waals surface area contributed by atoms with Gasteiger partial charge in [0, 0.05) is 0 Å². The maximum atomic E-state index is 9.12. The molecule has 0 radical (unpaired) electrons. The molecule has 0 atom stereocenters. The molecule has 0 saturated carbocycles. The Morgan fingerprint density at radius 2 is 1.56 bits per heavy atom. The second-order valence-corrected chi connectivity index (χ2v) is 3.08. The molecule has 4 N–H and O–H groups in total. The monoisotopic (exact) mass is 269 g/mol. The second-order valence-electron chi connectivity index (χ2n) is 3.08. The molecule has 0 aromatic rings. The zero-order valence-electron chi connectivity index (χ0n) is 10.6. The molecule has 0 amide bonds. The summed E-state index contributed by atoms with van der Waals surface area (Å²) in [5.74, 6) is -1.19. The van der Waals surface area contributed by atoms with Gasteiger partial charge in [-0.3, -0.25) is 9.68 Å². The van der Waals surface area contributed by atoms with Gasteiger partial charge in [0.15, 0.2) is 0 Å². The molecule has 110 valence electrons. The van der Waals surface area contributed by atoms with E-state index in [-0.39, 0.29) is 26.4 Å². The molecule has 0 saturated heterocycles. The summed E-state index contributed by atoms with van der Waals surface area (Å²) in [6, 6.07) is 0. The largest absolute Gasteiger partial charge is 0.480 e. The van der Waals surface area contributed by atoms with Crippen molar-refractivity contribution >= 4 is 5.97 Å². The Morgan fingerprint density at radius 3 is 1.83 bits per heavy atom. The predicted octanol–water partition coefficient (Wildman–Crippen LogP) is -1.00. The zero-order valence-corrected chi connectivity index (χ0v) is 10.6. The van der Waals surface area contributed by atoms with Crippen molar-refractivity contribution in [1.29, 1.82) is 0 Å². The fourth-order valence-corrected chi connectivity index (χ4v) is 0.739. The van der Waals surface area contributed by atoms with Crippen LogP contribution in [0.3, 0.4) is 0 Å². The summed E-state index contributed by atoms with van der Waals surface area (Å²) in [6.07, 6.45) is 2.00. The SMILES string of the molecule is CCCCN(OCCO)OCCO.O=C(O)CO. The predicted molar refractivity (Wildman–Crippen MR) is 62.4 cm³/mol. The number of nitrogens with zero attached hydrogens (tertiary/aromatic N) is 1. The second kappa shape index (κ2) is 16.2. The van der Waals surface area contributed by atoms with Crippen molar-refractivity contribution in [1.82, 2.24) is 5.23 Å². The summed E-state index contributed by atoms with van der Waals surface area (Å²) in [7, 11) is 0. The van der Waals surface area contributed by atoms with Gasteiger partial charge in [0.1, 0.15) is 6.61 Å². The van der Waals surface area contributed by atoms with Gasteiger partial charge in [0.25, 0.3) is 0 Å². The van der Waals surface area contributed by atoms with Crippen LogP contribution in [0, 0.1) is 0 Å². The molecule has 0 rings (SSSR count). The van der Waals surface area contributed by atoms with Crippen LogP contribution in [0.5, 0.6) is 0 Å². The molecule has 0 aromatic carbocycles. The first kappa shape index (κ1) is 19.6. The Hall–Kier alpha value is -0.770. The molecule has 0 aliphatic carbocycles. The van der Waals surface area contributed by atoms with E-state index in [1.54, 1.807) is 0 Å². The maximum absolute atomic E-state index is 9.12. The third kappa shape index (κ3) is 17.6. The minimum Gasteiger partial charge on any atom is -0.480 e. The van der Waals surface area contributed by atoms with Crippen LogP contribution in [-0.4, -0.2) is 71.2 Å². The highest BCUT2D eigenvalue weighted by Crippen LogP contribution is 1.97. The first-order chi connectivity index (χ1) is 8.62. The highest BCUT2D eigenvalue weighted by molar-refractivity contribution is 5.67. The molecule has 18 heavy (non-hydrogen) atoms. The third-order valence-corrected chi connectivity index (χ3v) is 1.48. The molecule has 0 spiro atoms. The number of carboxylic acid groups (broad SMARTS) is 1. The van der Waals surface area contributed by atoms with Gasteiger partial charge in [-0.15, -0.1) is 0 Å². The van der Waals surface area contributed by atoms with Crippen LogP contribution in [0.25, 0.3) is 0 Å². The minimum absolute atomic E-state index is 0.0366. The van der Waals surface area contributed by atoms with Crippen molar-refractivity contribution < 1.29 is 34.9 Å². The molecule has 0 aliphatic rings. The van der Waals surface area contributed by atoms with E-state index in [9.17, 15) is 0 Å².